The molecule has 172 valence electrons. The Morgan fingerprint density at radius 2 is 1.44 bits per heavy atom. The van der Waals surface area contributed by atoms with Crippen molar-refractivity contribution in [3.63, 3.8) is 0 Å². The van der Waals surface area contributed by atoms with Gasteiger partial charge in [0, 0.05) is 26.6 Å². The van der Waals surface area contributed by atoms with E-state index in [0.717, 1.165) is 16.7 Å². The lowest BCUT2D eigenvalue weighted by Gasteiger charge is -2.17. The molecule has 2 rings (SSSR count). The first-order valence-electron chi connectivity index (χ1n) is 10.6. The molecule has 32 heavy (non-hydrogen) atoms. The topological polar surface area (TPSA) is 97.0 Å². The molecule has 2 aromatic carbocycles. The van der Waals surface area contributed by atoms with Gasteiger partial charge in [0.2, 0.25) is 5.91 Å². The molecule has 2 aromatic rings. The van der Waals surface area contributed by atoms with Crippen LogP contribution in [-0.2, 0) is 33.8 Å². The molecule has 8 heteroatoms. The smallest absolute Gasteiger partial charge is 0.407 e. The van der Waals surface area contributed by atoms with Crippen LogP contribution in [0.4, 0.5) is 9.59 Å². The van der Waals surface area contributed by atoms with Gasteiger partial charge in [-0.05, 0) is 30.0 Å². The summed E-state index contributed by atoms with van der Waals surface area (Å²) in [6.45, 7) is 3.13. The summed E-state index contributed by atoms with van der Waals surface area (Å²) in [4.78, 5) is 37.1. The zero-order valence-corrected chi connectivity index (χ0v) is 18.6. The van der Waals surface area contributed by atoms with Crippen LogP contribution >= 0.6 is 0 Å². The van der Waals surface area contributed by atoms with Gasteiger partial charge in [-0.15, -0.1) is 0 Å². The van der Waals surface area contributed by atoms with Gasteiger partial charge in [-0.25, -0.2) is 9.59 Å². The van der Waals surface area contributed by atoms with E-state index in [4.69, 9.17) is 9.47 Å². The number of hydrogen-bond acceptors (Lipinski definition) is 5. The van der Waals surface area contributed by atoms with E-state index in [-0.39, 0.29) is 19.1 Å². The van der Waals surface area contributed by atoms with Crippen LogP contribution in [0.1, 0.15) is 30.0 Å². The van der Waals surface area contributed by atoms with E-state index in [0.29, 0.717) is 32.5 Å². The number of aryl methyl sites for hydroxylation is 1. The van der Waals surface area contributed by atoms with Crippen molar-refractivity contribution in [2.75, 3.05) is 26.8 Å². The Morgan fingerprint density at radius 1 is 0.844 bits per heavy atom. The molecule has 0 unspecified atom stereocenters. The molecule has 0 aliphatic carbocycles. The van der Waals surface area contributed by atoms with Gasteiger partial charge in [-0.3, -0.25) is 4.79 Å². The average Bonchev–Trinajstić information content (AvgIpc) is 2.81. The maximum atomic E-state index is 12.2. The minimum absolute atomic E-state index is 0.00565. The summed E-state index contributed by atoms with van der Waals surface area (Å²) in [6.07, 6.45) is 0.0710. The molecular weight excluding hydrogens is 410 g/mol. The fraction of sp³-hybridized carbons (Fsp3) is 0.375. The van der Waals surface area contributed by atoms with E-state index in [1.54, 1.807) is 18.9 Å². The molecule has 0 saturated carbocycles. The number of nitrogens with one attached hydrogen (secondary N) is 2. The number of alkyl carbamates (subject to hydrolysis) is 2. The summed E-state index contributed by atoms with van der Waals surface area (Å²) < 4.78 is 9.99. The Hall–Kier alpha value is -3.55. The Labute approximate surface area is 188 Å². The fourth-order valence-electron chi connectivity index (χ4n) is 2.92. The maximum absolute atomic E-state index is 12.2. The van der Waals surface area contributed by atoms with Crippen LogP contribution in [0.25, 0.3) is 0 Å². The van der Waals surface area contributed by atoms with Crippen molar-refractivity contribution in [3.8, 4) is 0 Å². The van der Waals surface area contributed by atoms with Crippen LogP contribution in [0, 0.1) is 0 Å². The van der Waals surface area contributed by atoms with Gasteiger partial charge in [0.1, 0.15) is 6.61 Å². The fourth-order valence-corrected chi connectivity index (χ4v) is 2.92. The lowest BCUT2D eigenvalue weighted by molar-refractivity contribution is -0.130. The summed E-state index contributed by atoms with van der Waals surface area (Å²) in [5.41, 5.74) is 2.88. The van der Waals surface area contributed by atoms with Crippen molar-refractivity contribution in [2.24, 2.45) is 0 Å². The highest BCUT2D eigenvalue weighted by Crippen LogP contribution is 2.06. The van der Waals surface area contributed by atoms with Gasteiger partial charge < -0.3 is 25.0 Å². The van der Waals surface area contributed by atoms with Gasteiger partial charge in [0.15, 0.2) is 0 Å². The van der Waals surface area contributed by atoms with E-state index in [1.807, 2.05) is 54.6 Å². The molecular formula is C24H31N3O5. The number of ether oxygens (including phenoxy) is 2. The Morgan fingerprint density at radius 3 is 2.06 bits per heavy atom. The zero-order chi connectivity index (χ0) is 23.2. The lowest BCUT2D eigenvalue weighted by atomic mass is 10.1. The third-order valence-corrected chi connectivity index (χ3v) is 4.70. The lowest BCUT2D eigenvalue weighted by Crippen LogP contribution is -2.32. The highest BCUT2D eigenvalue weighted by Gasteiger charge is 2.10. The molecule has 0 fully saturated rings. The predicted molar refractivity (Wildman–Crippen MR) is 121 cm³/mol. The number of hydrogen-bond donors (Lipinski definition) is 2. The van der Waals surface area contributed by atoms with Gasteiger partial charge >= 0.3 is 12.2 Å². The molecule has 3 amide bonds. The molecule has 0 bridgehead atoms. The van der Waals surface area contributed by atoms with Gasteiger partial charge in [-0.1, -0.05) is 54.6 Å². The summed E-state index contributed by atoms with van der Waals surface area (Å²) in [5.74, 6) is 0.00565. The van der Waals surface area contributed by atoms with Gasteiger partial charge in [0.05, 0.1) is 13.2 Å². The number of rotatable bonds is 11. The molecule has 2 N–H and O–H groups in total. The maximum Gasteiger partial charge on any atom is 0.407 e. The summed E-state index contributed by atoms with van der Waals surface area (Å²) >= 11 is 0. The highest BCUT2D eigenvalue weighted by molar-refractivity contribution is 5.76. The van der Waals surface area contributed by atoms with Crippen molar-refractivity contribution < 1.29 is 23.9 Å². The van der Waals surface area contributed by atoms with Crippen molar-refractivity contribution in [3.05, 3.63) is 71.3 Å². The van der Waals surface area contributed by atoms with E-state index in [1.165, 1.54) is 0 Å². The SMILES string of the molecule is CCOC(=O)NCc1cccc(CNC(=O)OCCN(C)C(=O)CCc2ccccc2)c1. The third kappa shape index (κ3) is 9.51. The monoisotopic (exact) mass is 441 g/mol. The first-order valence-corrected chi connectivity index (χ1v) is 10.6. The molecule has 0 saturated heterocycles. The van der Waals surface area contributed by atoms with Crippen LogP contribution in [-0.4, -0.2) is 49.8 Å². The highest BCUT2D eigenvalue weighted by atomic mass is 16.6. The first kappa shape index (κ1) is 24.7. The number of nitrogens with zero attached hydrogens (tertiary/aromatic N) is 1. The van der Waals surface area contributed by atoms with Gasteiger partial charge in [-0.2, -0.15) is 0 Å². The second kappa shape index (κ2) is 13.7. The largest absolute Gasteiger partial charge is 0.450 e. The number of carbonyl (C=O) groups is 3. The molecule has 0 aromatic heterocycles. The second-order valence-corrected chi connectivity index (χ2v) is 7.18. The Bertz CT molecular complexity index is 873. The van der Waals surface area contributed by atoms with Crippen molar-refractivity contribution in [1.82, 2.24) is 15.5 Å². The quantitative estimate of drug-likeness (QED) is 0.558. The Balaban J connectivity index is 1.64. The van der Waals surface area contributed by atoms with Crippen LogP contribution in [0.15, 0.2) is 54.6 Å². The van der Waals surface area contributed by atoms with E-state index in [9.17, 15) is 14.4 Å². The van der Waals surface area contributed by atoms with Crippen LogP contribution in [0.5, 0.6) is 0 Å². The molecule has 0 heterocycles. The van der Waals surface area contributed by atoms with E-state index in [2.05, 4.69) is 10.6 Å². The summed E-state index contributed by atoms with van der Waals surface area (Å²) in [5, 5.41) is 5.34. The molecule has 8 nitrogen and oxygen atoms in total. The minimum atomic E-state index is -0.551. The number of carbonyl (C=O) groups excluding carboxylic acids is 3. The average molecular weight is 442 g/mol. The number of benzene rings is 2. The normalized spacial score (nSPS) is 10.2. The van der Waals surface area contributed by atoms with Crippen molar-refractivity contribution >= 4 is 18.1 Å². The van der Waals surface area contributed by atoms with E-state index >= 15 is 0 Å². The predicted octanol–water partition coefficient (Wildman–Crippen LogP) is 3.25. The molecule has 0 spiro atoms. The zero-order valence-electron chi connectivity index (χ0n) is 18.6. The molecule has 0 aliphatic rings. The van der Waals surface area contributed by atoms with Gasteiger partial charge in [0.25, 0.3) is 0 Å². The minimum Gasteiger partial charge on any atom is -0.450 e. The summed E-state index contributed by atoms with van der Waals surface area (Å²) in [7, 11) is 1.70. The molecule has 0 radical (unpaired) electrons. The van der Waals surface area contributed by atoms with Crippen molar-refractivity contribution in [1.29, 1.82) is 0 Å². The summed E-state index contributed by atoms with van der Waals surface area (Å²) in [6, 6.07) is 17.3. The number of likely N-dealkylation sites (N-methyl/N-ethyl adjacent to an activating group) is 1. The van der Waals surface area contributed by atoms with Crippen LogP contribution in [0.2, 0.25) is 0 Å². The number of amides is 3. The van der Waals surface area contributed by atoms with E-state index < -0.39 is 12.2 Å². The Kier molecular flexibility index (Phi) is 10.6. The first-order chi connectivity index (χ1) is 15.5. The third-order valence-electron chi connectivity index (χ3n) is 4.70. The van der Waals surface area contributed by atoms with Crippen LogP contribution < -0.4 is 10.6 Å². The molecule has 0 atom stereocenters. The molecule has 0 aliphatic heterocycles. The van der Waals surface area contributed by atoms with Crippen molar-refractivity contribution in [2.45, 2.75) is 32.9 Å². The standard InChI is InChI=1S/C24H31N3O5/c1-3-31-23(29)25-17-20-10-7-11-21(16-20)18-26-24(30)32-15-14-27(2)22(28)13-12-19-8-5-4-6-9-19/h4-11,16H,3,12-15,17-18H2,1-2H3,(H,25,29)(H,26,30). The second-order valence-electron chi connectivity index (χ2n) is 7.18. The van der Waals surface area contributed by atoms with Crippen LogP contribution in [0.3, 0.4) is 0 Å².